The summed E-state index contributed by atoms with van der Waals surface area (Å²) in [5.41, 5.74) is 2.11. The third kappa shape index (κ3) is 3.69. The Kier molecular flexibility index (Phi) is 5.34. The van der Waals surface area contributed by atoms with E-state index in [-0.39, 0.29) is 17.7 Å². The maximum Gasteiger partial charge on any atom is 0.227 e. The summed E-state index contributed by atoms with van der Waals surface area (Å²) in [5.74, 6) is 0.376. The minimum absolute atomic E-state index is 0.0226. The number of carbonyl (C=O) groups is 2. The lowest BCUT2D eigenvalue weighted by Gasteiger charge is -2.21. The van der Waals surface area contributed by atoms with Gasteiger partial charge in [0.2, 0.25) is 11.8 Å². The Hall–Kier alpha value is -2.10. The van der Waals surface area contributed by atoms with Crippen LogP contribution in [0.25, 0.3) is 0 Å². The summed E-state index contributed by atoms with van der Waals surface area (Å²) < 4.78 is 0. The molecule has 2 amide bonds. The molecule has 3 rings (SSSR count). The monoisotopic (exact) mass is 326 g/mol. The van der Waals surface area contributed by atoms with E-state index in [4.69, 9.17) is 0 Å². The number of nitrogens with one attached hydrogen (secondary N) is 1. The van der Waals surface area contributed by atoms with Gasteiger partial charge in [0.1, 0.15) is 0 Å². The first kappa shape index (κ1) is 16.7. The Bertz CT molecular complexity index is 638. The number of amides is 2. The molecule has 0 unspecified atom stereocenters. The first-order valence-electron chi connectivity index (χ1n) is 9.00. The van der Waals surface area contributed by atoms with Crippen LogP contribution in [0.1, 0.15) is 38.2 Å². The summed E-state index contributed by atoms with van der Waals surface area (Å²) in [7, 11) is 0. The van der Waals surface area contributed by atoms with Crippen LogP contribution in [0.4, 0.5) is 5.69 Å². The molecule has 128 valence electrons. The lowest BCUT2D eigenvalue weighted by atomic mass is 9.94. The van der Waals surface area contributed by atoms with Gasteiger partial charge in [-0.05, 0) is 43.2 Å². The summed E-state index contributed by atoms with van der Waals surface area (Å²) in [6.45, 7) is 3.30. The topological polar surface area (TPSA) is 49.4 Å². The summed E-state index contributed by atoms with van der Waals surface area (Å²) in [6.07, 6.45) is 8.88. The van der Waals surface area contributed by atoms with Crippen LogP contribution in [-0.2, 0) is 16.0 Å². The average Bonchev–Trinajstić information content (AvgIpc) is 3.02. The molecule has 0 aromatic heterocycles. The Labute approximate surface area is 143 Å². The molecule has 4 heteroatoms. The van der Waals surface area contributed by atoms with Crippen LogP contribution < -0.4 is 10.2 Å². The van der Waals surface area contributed by atoms with Crippen LogP contribution in [-0.4, -0.2) is 24.9 Å². The molecule has 0 radical (unpaired) electrons. The van der Waals surface area contributed by atoms with Crippen molar-refractivity contribution in [3.8, 4) is 0 Å². The highest BCUT2D eigenvalue weighted by Gasteiger charge is 2.35. The smallest absolute Gasteiger partial charge is 0.227 e. The van der Waals surface area contributed by atoms with E-state index in [0.717, 1.165) is 43.5 Å². The van der Waals surface area contributed by atoms with Crippen LogP contribution in [0.5, 0.6) is 0 Å². The van der Waals surface area contributed by atoms with E-state index in [0.29, 0.717) is 18.9 Å². The zero-order valence-corrected chi connectivity index (χ0v) is 14.3. The molecular weight excluding hydrogens is 300 g/mol. The average molecular weight is 326 g/mol. The molecule has 0 bridgehead atoms. The molecule has 0 saturated carbocycles. The van der Waals surface area contributed by atoms with Gasteiger partial charge in [-0.15, -0.1) is 0 Å². The molecule has 24 heavy (non-hydrogen) atoms. The largest absolute Gasteiger partial charge is 0.356 e. The Balaban J connectivity index is 1.59. The normalized spacial score (nSPS) is 23.5. The highest BCUT2D eigenvalue weighted by Crippen LogP contribution is 2.28. The fraction of sp³-hybridized carbons (Fsp3) is 0.500. The molecule has 1 aromatic carbocycles. The second-order valence-corrected chi connectivity index (χ2v) is 6.78. The zero-order valence-electron chi connectivity index (χ0n) is 14.3. The molecule has 1 aliphatic carbocycles. The summed E-state index contributed by atoms with van der Waals surface area (Å²) in [6, 6.07) is 7.97. The third-order valence-electron chi connectivity index (χ3n) is 5.10. The van der Waals surface area contributed by atoms with Crippen molar-refractivity contribution in [1.29, 1.82) is 0 Å². The van der Waals surface area contributed by atoms with Gasteiger partial charge in [0.05, 0.1) is 5.92 Å². The molecule has 2 atom stereocenters. The van der Waals surface area contributed by atoms with Gasteiger partial charge < -0.3 is 10.2 Å². The van der Waals surface area contributed by atoms with Crippen molar-refractivity contribution in [3.05, 3.63) is 42.0 Å². The van der Waals surface area contributed by atoms with Gasteiger partial charge in [0, 0.05) is 25.2 Å². The molecule has 1 N–H and O–H groups in total. The van der Waals surface area contributed by atoms with Crippen molar-refractivity contribution in [2.75, 3.05) is 18.0 Å². The molecule has 1 saturated heterocycles. The Morgan fingerprint density at radius 1 is 1.29 bits per heavy atom. The van der Waals surface area contributed by atoms with Crippen LogP contribution >= 0.6 is 0 Å². The van der Waals surface area contributed by atoms with Crippen molar-refractivity contribution in [2.24, 2.45) is 11.8 Å². The lowest BCUT2D eigenvalue weighted by molar-refractivity contribution is -0.126. The number of hydrogen-bond donors (Lipinski definition) is 1. The van der Waals surface area contributed by atoms with Crippen LogP contribution in [0.3, 0.4) is 0 Å². The number of rotatable bonds is 5. The number of carbonyl (C=O) groups excluding carboxylic acids is 2. The first-order chi connectivity index (χ1) is 11.7. The van der Waals surface area contributed by atoms with Gasteiger partial charge in [-0.3, -0.25) is 9.59 Å². The number of hydrogen-bond acceptors (Lipinski definition) is 2. The van der Waals surface area contributed by atoms with Gasteiger partial charge in [0.25, 0.3) is 0 Å². The molecular formula is C20H26N2O2. The van der Waals surface area contributed by atoms with E-state index in [2.05, 4.69) is 24.4 Å². The summed E-state index contributed by atoms with van der Waals surface area (Å²) in [4.78, 5) is 26.6. The molecule has 4 nitrogen and oxygen atoms in total. The van der Waals surface area contributed by atoms with Crippen molar-refractivity contribution in [3.63, 3.8) is 0 Å². The van der Waals surface area contributed by atoms with Gasteiger partial charge in [-0.2, -0.15) is 0 Å². The molecule has 1 fully saturated rings. The second kappa shape index (κ2) is 7.65. The van der Waals surface area contributed by atoms with E-state index >= 15 is 0 Å². The fourth-order valence-corrected chi connectivity index (χ4v) is 3.62. The number of nitrogens with zero attached hydrogens (tertiary/aromatic N) is 1. The number of anilines is 1. The highest BCUT2D eigenvalue weighted by atomic mass is 16.2. The number of allylic oxidation sites excluding steroid dienone is 2. The van der Waals surface area contributed by atoms with Gasteiger partial charge in [0.15, 0.2) is 0 Å². The standard InChI is InChI=1S/C20H26N2O2/c1-2-16-10-6-7-11-18(16)22-14-17(12-19(22)23)20(24)21-13-15-8-4-3-5-9-15/h3-4,6-7,10-11,15,17H,2,5,8-9,12-14H2,1H3,(H,21,24)/t15-,17-/m0/s1. The van der Waals surface area contributed by atoms with Crippen LogP contribution in [0.15, 0.2) is 36.4 Å². The SMILES string of the molecule is CCc1ccccc1N1C[C@@H](C(=O)NC[C@H]2CC=CCC2)CC1=O. The molecule has 2 aliphatic rings. The van der Waals surface area contributed by atoms with E-state index < -0.39 is 0 Å². The fourth-order valence-electron chi connectivity index (χ4n) is 3.62. The van der Waals surface area contributed by atoms with E-state index in [1.165, 1.54) is 0 Å². The van der Waals surface area contributed by atoms with Crippen LogP contribution in [0, 0.1) is 11.8 Å². The van der Waals surface area contributed by atoms with Gasteiger partial charge >= 0.3 is 0 Å². The molecule has 0 spiro atoms. The Morgan fingerprint density at radius 2 is 2.12 bits per heavy atom. The van der Waals surface area contributed by atoms with Gasteiger partial charge in [-0.25, -0.2) is 0 Å². The first-order valence-corrected chi connectivity index (χ1v) is 9.00. The van der Waals surface area contributed by atoms with Crippen molar-refractivity contribution < 1.29 is 9.59 Å². The van der Waals surface area contributed by atoms with E-state index in [1.807, 2.05) is 24.3 Å². The Morgan fingerprint density at radius 3 is 2.88 bits per heavy atom. The molecule has 1 aliphatic heterocycles. The van der Waals surface area contributed by atoms with Crippen molar-refractivity contribution >= 4 is 17.5 Å². The highest BCUT2D eigenvalue weighted by molar-refractivity contribution is 6.00. The van der Waals surface area contributed by atoms with Crippen molar-refractivity contribution in [1.82, 2.24) is 5.32 Å². The van der Waals surface area contributed by atoms with E-state index in [9.17, 15) is 9.59 Å². The summed E-state index contributed by atoms with van der Waals surface area (Å²) >= 11 is 0. The van der Waals surface area contributed by atoms with E-state index in [1.54, 1.807) is 4.90 Å². The molecule has 1 aromatic rings. The minimum atomic E-state index is -0.235. The minimum Gasteiger partial charge on any atom is -0.356 e. The predicted molar refractivity (Wildman–Crippen MR) is 95.8 cm³/mol. The van der Waals surface area contributed by atoms with Crippen LogP contribution in [0.2, 0.25) is 0 Å². The number of para-hydroxylation sites is 1. The maximum absolute atomic E-state index is 12.5. The number of aryl methyl sites for hydroxylation is 1. The maximum atomic E-state index is 12.5. The summed E-state index contributed by atoms with van der Waals surface area (Å²) in [5, 5.41) is 3.06. The number of benzene rings is 1. The van der Waals surface area contributed by atoms with Crippen molar-refractivity contribution in [2.45, 2.75) is 39.0 Å². The molecule has 1 heterocycles. The zero-order chi connectivity index (χ0) is 16.9. The predicted octanol–water partition coefficient (Wildman–Crippen LogP) is 3.07. The quantitative estimate of drug-likeness (QED) is 0.846. The van der Waals surface area contributed by atoms with Gasteiger partial charge in [-0.1, -0.05) is 37.3 Å². The third-order valence-corrected chi connectivity index (χ3v) is 5.10. The second-order valence-electron chi connectivity index (χ2n) is 6.78. The lowest BCUT2D eigenvalue weighted by Crippen LogP contribution is -2.36.